The maximum atomic E-state index is 12.7. The van der Waals surface area contributed by atoms with Gasteiger partial charge in [-0.15, -0.1) is 5.10 Å². The Labute approximate surface area is 128 Å². The van der Waals surface area contributed by atoms with Gasteiger partial charge in [0.15, 0.2) is 5.69 Å². The number of nitriles is 1. The second kappa shape index (κ2) is 5.53. The predicted octanol–water partition coefficient (Wildman–Crippen LogP) is 3.42. The Morgan fingerprint density at radius 2 is 1.74 bits per heavy atom. The molecule has 5 nitrogen and oxygen atoms in total. The molecule has 0 aliphatic carbocycles. The van der Waals surface area contributed by atoms with Crippen LogP contribution in [0.15, 0.2) is 42.6 Å². The molecule has 0 aliphatic heterocycles. The summed E-state index contributed by atoms with van der Waals surface area (Å²) >= 11 is 0. The molecular formula is C15H8F3N5. The molecule has 0 unspecified atom stereocenters. The Bertz CT molecular complexity index is 875. The number of nitrogens with one attached hydrogen (secondary N) is 1. The average molecular weight is 315 g/mol. The monoisotopic (exact) mass is 315 g/mol. The molecule has 0 amide bonds. The molecule has 0 spiro atoms. The zero-order valence-electron chi connectivity index (χ0n) is 11.5. The molecule has 2 heterocycles. The Kier molecular flexibility index (Phi) is 3.54. The van der Waals surface area contributed by atoms with Gasteiger partial charge in [0.1, 0.15) is 11.8 Å². The van der Waals surface area contributed by atoms with Crippen LogP contribution in [0.4, 0.5) is 13.2 Å². The van der Waals surface area contributed by atoms with E-state index in [-0.39, 0.29) is 11.4 Å². The van der Waals surface area contributed by atoms with E-state index < -0.39 is 11.7 Å². The van der Waals surface area contributed by atoms with Gasteiger partial charge in [-0.3, -0.25) is 4.98 Å². The van der Waals surface area contributed by atoms with Gasteiger partial charge < -0.3 is 0 Å². The van der Waals surface area contributed by atoms with Crippen LogP contribution in [0.25, 0.3) is 22.5 Å². The van der Waals surface area contributed by atoms with Crippen LogP contribution >= 0.6 is 0 Å². The molecule has 0 radical (unpaired) electrons. The fourth-order valence-electron chi connectivity index (χ4n) is 2.07. The van der Waals surface area contributed by atoms with Crippen LogP contribution in [-0.2, 0) is 6.18 Å². The summed E-state index contributed by atoms with van der Waals surface area (Å²) in [5.74, 6) is 0. The lowest BCUT2D eigenvalue weighted by Crippen LogP contribution is -2.05. The summed E-state index contributed by atoms with van der Waals surface area (Å²) in [6.45, 7) is 0. The molecule has 114 valence electrons. The maximum absolute atomic E-state index is 12.7. The van der Waals surface area contributed by atoms with Gasteiger partial charge in [-0.2, -0.15) is 18.4 Å². The van der Waals surface area contributed by atoms with Crippen LogP contribution in [0, 0.1) is 11.3 Å². The summed E-state index contributed by atoms with van der Waals surface area (Å²) in [7, 11) is 0. The van der Waals surface area contributed by atoms with Crippen molar-refractivity contribution in [2.75, 3.05) is 0 Å². The van der Waals surface area contributed by atoms with Gasteiger partial charge >= 0.3 is 6.18 Å². The molecule has 0 fully saturated rings. The van der Waals surface area contributed by atoms with Crippen molar-refractivity contribution in [1.82, 2.24) is 20.4 Å². The summed E-state index contributed by atoms with van der Waals surface area (Å²) in [5.41, 5.74) is 1.22. The summed E-state index contributed by atoms with van der Waals surface area (Å²) in [5, 5.41) is 18.8. The number of rotatable bonds is 2. The van der Waals surface area contributed by atoms with E-state index in [1.165, 1.54) is 0 Å². The first-order valence-corrected chi connectivity index (χ1v) is 6.44. The van der Waals surface area contributed by atoms with Crippen molar-refractivity contribution in [2.24, 2.45) is 0 Å². The summed E-state index contributed by atoms with van der Waals surface area (Å²) in [6.07, 6.45) is -3.29. The van der Waals surface area contributed by atoms with Crippen molar-refractivity contribution in [2.45, 2.75) is 6.18 Å². The minimum absolute atomic E-state index is 0.215. The van der Waals surface area contributed by atoms with E-state index in [1.54, 1.807) is 24.3 Å². The van der Waals surface area contributed by atoms with E-state index in [0.29, 0.717) is 16.8 Å². The molecule has 3 rings (SSSR count). The number of hydrogen-bond donors (Lipinski definition) is 1. The van der Waals surface area contributed by atoms with Crippen molar-refractivity contribution in [1.29, 1.82) is 5.26 Å². The first-order valence-electron chi connectivity index (χ1n) is 6.44. The summed E-state index contributed by atoms with van der Waals surface area (Å²) in [6, 6.07) is 10.4. The first kappa shape index (κ1) is 14.7. The van der Waals surface area contributed by atoms with Crippen molar-refractivity contribution in [3.63, 3.8) is 0 Å². The van der Waals surface area contributed by atoms with Crippen molar-refractivity contribution >= 4 is 0 Å². The van der Waals surface area contributed by atoms with Crippen molar-refractivity contribution in [3.05, 3.63) is 53.9 Å². The molecule has 0 saturated carbocycles. The lowest BCUT2D eigenvalue weighted by atomic mass is 10.0. The number of H-pyrrole nitrogens is 1. The molecule has 1 N–H and O–H groups in total. The number of benzene rings is 1. The number of aromatic nitrogens is 4. The Morgan fingerprint density at radius 3 is 2.39 bits per heavy atom. The lowest BCUT2D eigenvalue weighted by Gasteiger charge is -2.08. The number of hydrogen-bond acceptors (Lipinski definition) is 4. The van der Waals surface area contributed by atoms with Crippen LogP contribution in [0.2, 0.25) is 0 Å². The molecule has 1 aromatic carbocycles. The molecule has 2 aromatic heterocycles. The van der Waals surface area contributed by atoms with Crippen molar-refractivity contribution < 1.29 is 13.2 Å². The van der Waals surface area contributed by atoms with E-state index >= 15 is 0 Å². The quantitative estimate of drug-likeness (QED) is 0.786. The van der Waals surface area contributed by atoms with E-state index in [0.717, 1.165) is 18.3 Å². The number of aromatic amines is 1. The maximum Gasteiger partial charge on any atom is 0.416 e. The second-order valence-electron chi connectivity index (χ2n) is 4.65. The number of pyridine rings is 1. The number of nitrogens with zero attached hydrogens (tertiary/aromatic N) is 4. The molecular weight excluding hydrogens is 307 g/mol. The SMILES string of the molecule is N#Cc1[nH]nnc1-c1ccc(-c2cc(C(F)(F)F)ccn2)cc1. The summed E-state index contributed by atoms with van der Waals surface area (Å²) in [4.78, 5) is 3.96. The zero-order chi connectivity index (χ0) is 16.4. The highest BCUT2D eigenvalue weighted by Crippen LogP contribution is 2.31. The van der Waals surface area contributed by atoms with E-state index in [9.17, 15) is 13.2 Å². The molecule has 0 saturated heterocycles. The van der Waals surface area contributed by atoms with Crippen LogP contribution in [0.5, 0.6) is 0 Å². The van der Waals surface area contributed by atoms with Crippen LogP contribution in [0.3, 0.4) is 0 Å². The molecule has 0 bridgehead atoms. The molecule has 0 atom stereocenters. The van der Waals surface area contributed by atoms with Crippen LogP contribution < -0.4 is 0 Å². The Balaban J connectivity index is 1.96. The summed E-state index contributed by atoms with van der Waals surface area (Å²) < 4.78 is 38.2. The predicted molar refractivity (Wildman–Crippen MR) is 74.8 cm³/mol. The number of halogens is 3. The average Bonchev–Trinajstić information content (AvgIpc) is 3.03. The fourth-order valence-corrected chi connectivity index (χ4v) is 2.07. The van der Waals surface area contributed by atoms with Crippen molar-refractivity contribution in [3.8, 4) is 28.6 Å². The molecule has 3 aromatic rings. The van der Waals surface area contributed by atoms with Gasteiger partial charge in [0.05, 0.1) is 11.3 Å². The second-order valence-corrected chi connectivity index (χ2v) is 4.65. The normalized spacial score (nSPS) is 11.2. The van der Waals surface area contributed by atoms with E-state index in [1.807, 2.05) is 6.07 Å². The van der Waals surface area contributed by atoms with Crippen LogP contribution in [0.1, 0.15) is 11.3 Å². The highest BCUT2D eigenvalue weighted by molar-refractivity contribution is 5.69. The third-order valence-electron chi connectivity index (χ3n) is 3.20. The number of alkyl halides is 3. The van der Waals surface area contributed by atoms with Gasteiger partial charge in [-0.05, 0) is 12.1 Å². The van der Waals surface area contributed by atoms with Gasteiger partial charge in [-0.1, -0.05) is 29.5 Å². The van der Waals surface area contributed by atoms with E-state index in [2.05, 4.69) is 20.4 Å². The molecule has 0 aliphatic rings. The topological polar surface area (TPSA) is 78.2 Å². The van der Waals surface area contributed by atoms with Gasteiger partial charge in [0.25, 0.3) is 0 Å². The molecule has 8 heteroatoms. The van der Waals surface area contributed by atoms with Gasteiger partial charge in [0.2, 0.25) is 0 Å². The minimum Gasteiger partial charge on any atom is -0.256 e. The zero-order valence-corrected chi connectivity index (χ0v) is 11.5. The Hall–Kier alpha value is -3.21. The van der Waals surface area contributed by atoms with Gasteiger partial charge in [-0.25, -0.2) is 5.10 Å². The van der Waals surface area contributed by atoms with Crippen LogP contribution in [-0.4, -0.2) is 20.4 Å². The highest BCUT2D eigenvalue weighted by Gasteiger charge is 2.30. The minimum atomic E-state index is -4.42. The largest absolute Gasteiger partial charge is 0.416 e. The van der Waals surface area contributed by atoms with E-state index in [4.69, 9.17) is 5.26 Å². The lowest BCUT2D eigenvalue weighted by molar-refractivity contribution is -0.137. The highest BCUT2D eigenvalue weighted by atomic mass is 19.4. The Morgan fingerprint density at radius 1 is 1.04 bits per heavy atom. The standard InChI is InChI=1S/C15H8F3N5/c16-15(17,18)11-5-6-20-12(7-11)9-1-3-10(4-2-9)14-13(8-19)21-23-22-14/h1-7H,(H,21,22,23). The fraction of sp³-hybridized carbons (Fsp3) is 0.0667. The smallest absolute Gasteiger partial charge is 0.256 e. The third-order valence-corrected chi connectivity index (χ3v) is 3.20. The third kappa shape index (κ3) is 2.89. The van der Waals surface area contributed by atoms with Gasteiger partial charge in [0, 0.05) is 17.3 Å². The first-order chi connectivity index (χ1) is 11.0. The molecule has 23 heavy (non-hydrogen) atoms.